The predicted octanol–water partition coefficient (Wildman–Crippen LogP) is -2.13. The van der Waals surface area contributed by atoms with Gasteiger partial charge in [-0.25, -0.2) is 0 Å². The van der Waals surface area contributed by atoms with Crippen molar-refractivity contribution in [3.63, 3.8) is 0 Å². The van der Waals surface area contributed by atoms with Crippen LogP contribution in [0.4, 0.5) is 17.1 Å². The van der Waals surface area contributed by atoms with E-state index in [1.54, 1.807) is 0 Å². The van der Waals surface area contributed by atoms with E-state index < -0.39 is 42.2 Å². The van der Waals surface area contributed by atoms with Crippen LogP contribution in [-0.2, 0) is 10.4 Å². The van der Waals surface area contributed by atoms with Gasteiger partial charge in [-0.3, -0.25) is 39.4 Å². The van der Waals surface area contributed by atoms with Crippen LogP contribution in [-0.4, -0.2) is 32.3 Å². The fourth-order valence-electron chi connectivity index (χ4n) is 1.00. The van der Waals surface area contributed by atoms with E-state index in [9.17, 15) is 30.3 Å². The van der Waals surface area contributed by atoms with Crippen molar-refractivity contribution in [1.82, 2.24) is 0 Å². The van der Waals surface area contributed by atoms with Gasteiger partial charge in [-0.15, -0.1) is 0 Å². The largest absolute Gasteiger partial charge is 1.00 e. The van der Waals surface area contributed by atoms with Gasteiger partial charge >= 0.3 is 57.0 Å². The molecular formula is C6H6N3NaO10S. The topological polar surface area (TPSA) is 204 Å². The molecule has 0 saturated carbocycles. The number of benzene rings is 1. The Morgan fingerprint density at radius 1 is 0.905 bits per heavy atom. The summed E-state index contributed by atoms with van der Waals surface area (Å²) in [7, 11) is -4.67. The van der Waals surface area contributed by atoms with Crippen LogP contribution >= 0.6 is 0 Å². The third-order valence-electron chi connectivity index (χ3n) is 1.57. The molecule has 1 aromatic rings. The van der Waals surface area contributed by atoms with E-state index in [0.717, 1.165) is 18.2 Å². The molecule has 13 nitrogen and oxygen atoms in total. The van der Waals surface area contributed by atoms with Gasteiger partial charge in [-0.05, 0) is 6.07 Å². The van der Waals surface area contributed by atoms with Gasteiger partial charge in [0.25, 0.3) is 0 Å². The first-order valence-electron chi connectivity index (χ1n) is 4.21. The number of nitro benzene ring substituents is 3. The molecule has 15 heteroatoms. The van der Waals surface area contributed by atoms with Crippen LogP contribution in [0.15, 0.2) is 18.2 Å². The van der Waals surface area contributed by atoms with Crippen LogP contribution < -0.4 is 29.6 Å². The second kappa shape index (κ2) is 8.55. The predicted molar refractivity (Wildman–Crippen MR) is 61.7 cm³/mol. The SMILES string of the molecule is O=S(=O)(O)O.O=[N+]([O-])c1cccc([N+](=O)[O-])c1[N+](=O)[O-].[H-].[Na+]. The third-order valence-corrected chi connectivity index (χ3v) is 1.57. The standard InChI is InChI=1S/C6H3N3O6.Na.H2O4S.H/c10-7(11)4-2-1-3-5(8(12)13)6(4)9(14)15;;1-5(2,3)4;/h1-3H;;(H2,1,2,3,4);/q;+1;;-1. The Bertz CT molecular complexity index is 624. The molecule has 112 valence electrons. The number of hydrogen-bond acceptors (Lipinski definition) is 8. The minimum absolute atomic E-state index is 0. The molecular weight excluding hydrogens is 329 g/mol. The molecule has 0 aliphatic carbocycles. The molecule has 0 saturated heterocycles. The monoisotopic (exact) mass is 335 g/mol. The number of nitrogens with zero attached hydrogens (tertiary/aromatic N) is 3. The zero-order valence-electron chi connectivity index (χ0n) is 11.1. The third kappa shape index (κ3) is 8.23. The molecule has 0 aromatic heterocycles. The average Bonchev–Trinajstić information content (AvgIpc) is 2.25. The Morgan fingerprint density at radius 3 is 1.38 bits per heavy atom. The van der Waals surface area contributed by atoms with Gasteiger partial charge in [-0.1, -0.05) is 0 Å². The summed E-state index contributed by atoms with van der Waals surface area (Å²) in [6, 6.07) is 2.69. The summed E-state index contributed by atoms with van der Waals surface area (Å²) < 4.78 is 31.6. The van der Waals surface area contributed by atoms with Gasteiger partial charge in [0, 0.05) is 12.1 Å². The maximum Gasteiger partial charge on any atom is 1.00 e. The summed E-state index contributed by atoms with van der Waals surface area (Å²) in [5, 5.41) is 31.2. The molecule has 0 bridgehead atoms. The fourth-order valence-corrected chi connectivity index (χ4v) is 1.00. The van der Waals surface area contributed by atoms with Crippen LogP contribution in [0.25, 0.3) is 0 Å². The van der Waals surface area contributed by atoms with Crippen LogP contribution in [0.2, 0.25) is 0 Å². The summed E-state index contributed by atoms with van der Waals surface area (Å²) in [5.74, 6) is 0. The average molecular weight is 335 g/mol. The molecule has 0 fully saturated rings. The van der Waals surface area contributed by atoms with Crippen molar-refractivity contribution in [1.29, 1.82) is 0 Å². The van der Waals surface area contributed by atoms with Crippen molar-refractivity contribution < 1.29 is 63.3 Å². The van der Waals surface area contributed by atoms with Crippen molar-refractivity contribution in [2.45, 2.75) is 0 Å². The van der Waals surface area contributed by atoms with Gasteiger partial charge < -0.3 is 1.43 Å². The van der Waals surface area contributed by atoms with E-state index >= 15 is 0 Å². The fraction of sp³-hybridized carbons (Fsp3) is 0. The molecule has 1 aromatic carbocycles. The maximum absolute atomic E-state index is 10.4. The molecule has 0 amide bonds. The molecule has 0 heterocycles. The summed E-state index contributed by atoms with van der Waals surface area (Å²) in [6.07, 6.45) is 0. The van der Waals surface area contributed by atoms with Crippen molar-refractivity contribution in [2.75, 3.05) is 0 Å². The van der Waals surface area contributed by atoms with E-state index in [2.05, 4.69) is 0 Å². The van der Waals surface area contributed by atoms with Gasteiger partial charge in [-0.2, -0.15) is 8.42 Å². The summed E-state index contributed by atoms with van der Waals surface area (Å²) in [4.78, 5) is 28.0. The molecule has 2 N–H and O–H groups in total. The quantitative estimate of drug-likeness (QED) is 0.265. The molecule has 0 aliphatic rings. The number of nitro groups is 3. The van der Waals surface area contributed by atoms with Crippen molar-refractivity contribution >= 4 is 27.5 Å². The van der Waals surface area contributed by atoms with Crippen molar-refractivity contribution in [3.8, 4) is 0 Å². The van der Waals surface area contributed by atoms with Crippen LogP contribution in [0.3, 0.4) is 0 Å². The Morgan fingerprint density at radius 2 is 1.19 bits per heavy atom. The minimum atomic E-state index is -4.67. The Balaban J connectivity index is -0.000000452. The zero-order valence-corrected chi connectivity index (χ0v) is 13.0. The van der Waals surface area contributed by atoms with Crippen LogP contribution in [0, 0.1) is 30.3 Å². The van der Waals surface area contributed by atoms with E-state index in [1.165, 1.54) is 0 Å². The van der Waals surface area contributed by atoms with E-state index in [0.29, 0.717) is 0 Å². The van der Waals surface area contributed by atoms with Crippen LogP contribution in [0.1, 0.15) is 1.43 Å². The first-order valence-corrected chi connectivity index (χ1v) is 5.61. The molecule has 21 heavy (non-hydrogen) atoms. The molecule has 0 aliphatic heterocycles. The Kier molecular flexibility index (Phi) is 8.79. The summed E-state index contributed by atoms with van der Waals surface area (Å²) in [6.45, 7) is 0. The molecule has 0 atom stereocenters. The second-order valence-corrected chi connectivity index (χ2v) is 3.76. The molecule has 0 radical (unpaired) electrons. The Labute approximate surface area is 139 Å². The van der Waals surface area contributed by atoms with E-state index in [-0.39, 0.29) is 31.0 Å². The molecule has 0 spiro atoms. The second-order valence-electron chi connectivity index (χ2n) is 2.86. The van der Waals surface area contributed by atoms with Gasteiger partial charge in [0.2, 0.25) is 0 Å². The summed E-state index contributed by atoms with van der Waals surface area (Å²) >= 11 is 0. The summed E-state index contributed by atoms with van der Waals surface area (Å²) in [5.41, 5.74) is -2.89. The smallest absolute Gasteiger partial charge is 1.00 e. The van der Waals surface area contributed by atoms with Gasteiger partial charge in [0.1, 0.15) is 0 Å². The minimum Gasteiger partial charge on any atom is -1.00 e. The van der Waals surface area contributed by atoms with Gasteiger partial charge in [0.15, 0.2) is 0 Å². The number of para-hydroxylation sites is 1. The van der Waals surface area contributed by atoms with Crippen molar-refractivity contribution in [2.24, 2.45) is 0 Å². The van der Waals surface area contributed by atoms with E-state index in [4.69, 9.17) is 17.5 Å². The first kappa shape index (κ1) is 21.6. The Hall–Kier alpha value is -1.71. The van der Waals surface area contributed by atoms with Crippen LogP contribution in [0.5, 0.6) is 0 Å². The van der Waals surface area contributed by atoms with Gasteiger partial charge in [0.05, 0.1) is 14.8 Å². The van der Waals surface area contributed by atoms with Crippen molar-refractivity contribution in [3.05, 3.63) is 48.5 Å². The first-order chi connectivity index (χ1) is 8.95. The molecule has 0 unspecified atom stereocenters. The zero-order chi connectivity index (χ0) is 16.1. The number of rotatable bonds is 3. The maximum atomic E-state index is 10.4. The number of hydrogen-bond donors (Lipinski definition) is 2. The van der Waals surface area contributed by atoms with E-state index in [1.807, 2.05) is 0 Å². The normalized spacial score (nSPS) is 9.62. The molecule has 1 rings (SSSR count).